The van der Waals surface area contributed by atoms with Crippen LogP contribution in [0.15, 0.2) is 140 Å². The Balaban J connectivity index is 1.60. The Kier molecular flexibility index (Phi) is 7.42. The van der Waals surface area contributed by atoms with Gasteiger partial charge >= 0.3 is 0 Å². The number of nitrogens with zero attached hydrogens (tertiary/aromatic N) is 1. The molecule has 0 heterocycles. The third kappa shape index (κ3) is 5.54. The maximum absolute atomic E-state index is 3.79. The van der Waals surface area contributed by atoms with Gasteiger partial charge in [0.25, 0.3) is 0 Å². The van der Waals surface area contributed by atoms with Gasteiger partial charge in [0.15, 0.2) is 0 Å². The largest absolute Gasteiger partial charge is 0.356 e. The monoisotopic (exact) mass is 442 g/mol. The van der Waals surface area contributed by atoms with E-state index in [-0.39, 0.29) is 0 Å². The molecule has 0 aromatic heterocycles. The lowest BCUT2D eigenvalue weighted by Crippen LogP contribution is -2.09. The number of hydrogen-bond donors (Lipinski definition) is 1. The van der Waals surface area contributed by atoms with Crippen LogP contribution < -0.4 is 10.2 Å². The van der Waals surface area contributed by atoms with Crippen LogP contribution in [0.5, 0.6) is 0 Å². The van der Waals surface area contributed by atoms with Gasteiger partial charge in [-0.25, -0.2) is 0 Å². The molecule has 0 spiro atoms. The lowest BCUT2D eigenvalue weighted by atomic mass is 10.0. The number of anilines is 4. The molecule has 1 N–H and O–H groups in total. The maximum Gasteiger partial charge on any atom is 0.0464 e. The van der Waals surface area contributed by atoms with Gasteiger partial charge in [-0.1, -0.05) is 73.3 Å². The first-order chi connectivity index (χ1) is 16.7. The first-order valence-corrected chi connectivity index (χ1v) is 11.5. The number of benzene rings is 4. The van der Waals surface area contributed by atoms with Crippen LogP contribution in [0.4, 0.5) is 22.7 Å². The van der Waals surface area contributed by atoms with Gasteiger partial charge in [0.2, 0.25) is 0 Å². The summed E-state index contributed by atoms with van der Waals surface area (Å²) in [5.41, 5.74) is 9.07. The van der Waals surface area contributed by atoms with Gasteiger partial charge in [0.05, 0.1) is 0 Å². The fourth-order valence-electron chi connectivity index (χ4n) is 3.95. The molecule has 0 aliphatic heterocycles. The van der Waals surface area contributed by atoms with Crippen molar-refractivity contribution < 1.29 is 0 Å². The molecule has 0 amide bonds. The molecule has 0 atom stereocenters. The SMILES string of the molecule is C=C/C=C(\C=C/C)Nc1ccc(-c2ccc(N(c3ccccc3)c3cccc(C)c3)cc2)cc1. The Labute approximate surface area is 203 Å². The molecule has 0 bridgehead atoms. The molecular formula is C32H30N2. The minimum absolute atomic E-state index is 1.01. The number of allylic oxidation sites excluding steroid dienone is 4. The van der Waals surface area contributed by atoms with Crippen molar-refractivity contribution in [2.75, 3.05) is 10.2 Å². The second-order valence-electron chi connectivity index (χ2n) is 8.12. The predicted octanol–water partition coefficient (Wildman–Crippen LogP) is 9.19. The van der Waals surface area contributed by atoms with E-state index >= 15 is 0 Å². The number of hydrogen-bond acceptors (Lipinski definition) is 2. The number of aryl methyl sites for hydroxylation is 1. The molecule has 168 valence electrons. The van der Waals surface area contributed by atoms with Crippen LogP contribution in [0.25, 0.3) is 11.1 Å². The third-order valence-electron chi connectivity index (χ3n) is 5.55. The molecule has 0 saturated heterocycles. The van der Waals surface area contributed by atoms with Crippen molar-refractivity contribution in [1.29, 1.82) is 0 Å². The molecule has 2 nitrogen and oxygen atoms in total. The van der Waals surface area contributed by atoms with Gasteiger partial charge in [-0.15, -0.1) is 0 Å². The Bertz CT molecular complexity index is 1280. The van der Waals surface area contributed by atoms with Crippen LogP contribution in [0.2, 0.25) is 0 Å². The van der Waals surface area contributed by atoms with Crippen molar-refractivity contribution >= 4 is 22.7 Å². The Morgan fingerprint density at radius 2 is 1.35 bits per heavy atom. The van der Waals surface area contributed by atoms with E-state index in [4.69, 9.17) is 0 Å². The van der Waals surface area contributed by atoms with E-state index in [9.17, 15) is 0 Å². The first-order valence-electron chi connectivity index (χ1n) is 11.5. The van der Waals surface area contributed by atoms with Crippen molar-refractivity contribution in [3.63, 3.8) is 0 Å². The second kappa shape index (κ2) is 11.0. The summed E-state index contributed by atoms with van der Waals surface area (Å²) in [6.45, 7) is 7.92. The lowest BCUT2D eigenvalue weighted by molar-refractivity contribution is 1.27. The van der Waals surface area contributed by atoms with Crippen molar-refractivity contribution in [2.45, 2.75) is 13.8 Å². The molecule has 4 aromatic rings. The number of rotatable bonds is 8. The third-order valence-corrected chi connectivity index (χ3v) is 5.55. The first kappa shape index (κ1) is 22.9. The zero-order valence-electron chi connectivity index (χ0n) is 19.8. The fourth-order valence-corrected chi connectivity index (χ4v) is 3.95. The summed E-state index contributed by atoms with van der Waals surface area (Å²) in [5, 5.41) is 3.42. The van der Waals surface area contributed by atoms with E-state index in [0.29, 0.717) is 0 Å². The summed E-state index contributed by atoms with van der Waals surface area (Å²) in [5.74, 6) is 0. The van der Waals surface area contributed by atoms with Gasteiger partial charge in [0, 0.05) is 28.4 Å². The Morgan fingerprint density at radius 3 is 1.97 bits per heavy atom. The van der Waals surface area contributed by atoms with Crippen molar-refractivity contribution in [3.8, 4) is 11.1 Å². The molecule has 0 fully saturated rings. The molecule has 0 aliphatic rings. The normalized spacial score (nSPS) is 11.4. The van der Waals surface area contributed by atoms with Crippen molar-refractivity contribution in [1.82, 2.24) is 0 Å². The zero-order valence-corrected chi connectivity index (χ0v) is 19.8. The topological polar surface area (TPSA) is 15.3 Å². The van der Waals surface area contributed by atoms with E-state index in [0.717, 1.165) is 28.4 Å². The Hall–Kier alpha value is -4.30. The summed E-state index contributed by atoms with van der Waals surface area (Å²) in [6.07, 6.45) is 7.78. The summed E-state index contributed by atoms with van der Waals surface area (Å²) < 4.78 is 0. The number of nitrogens with one attached hydrogen (secondary N) is 1. The Morgan fingerprint density at radius 1 is 0.735 bits per heavy atom. The molecule has 0 saturated carbocycles. The van der Waals surface area contributed by atoms with E-state index in [1.807, 2.05) is 31.2 Å². The molecule has 2 heteroatoms. The molecule has 4 aromatic carbocycles. The van der Waals surface area contributed by atoms with Gasteiger partial charge < -0.3 is 10.2 Å². The molecule has 34 heavy (non-hydrogen) atoms. The standard InChI is InChI=1S/C32H30N2/c1-4-10-28(11-5-2)33-29-20-16-26(17-21-29)27-18-22-31(23-19-27)34(30-13-7-6-8-14-30)32-15-9-12-25(3)24-32/h4-24,33H,1H2,2-3H3/b11-5-,28-10+. The number of para-hydroxylation sites is 1. The summed E-state index contributed by atoms with van der Waals surface area (Å²) in [4.78, 5) is 2.29. The van der Waals surface area contributed by atoms with Crippen LogP contribution in [-0.2, 0) is 0 Å². The van der Waals surface area contributed by atoms with E-state index in [1.165, 1.54) is 16.7 Å². The van der Waals surface area contributed by atoms with Gasteiger partial charge in [-0.05, 0) is 91.2 Å². The maximum atomic E-state index is 3.79. The summed E-state index contributed by atoms with van der Waals surface area (Å²) in [7, 11) is 0. The van der Waals surface area contributed by atoms with E-state index < -0.39 is 0 Å². The minimum atomic E-state index is 1.01. The second-order valence-corrected chi connectivity index (χ2v) is 8.12. The van der Waals surface area contributed by atoms with E-state index in [2.05, 4.69) is 121 Å². The average Bonchev–Trinajstić information content (AvgIpc) is 2.86. The molecule has 4 rings (SSSR count). The van der Waals surface area contributed by atoms with Gasteiger partial charge in [-0.3, -0.25) is 0 Å². The lowest BCUT2D eigenvalue weighted by Gasteiger charge is -2.26. The molecule has 0 aliphatic carbocycles. The fraction of sp³-hybridized carbons (Fsp3) is 0.0625. The van der Waals surface area contributed by atoms with Gasteiger partial charge in [-0.2, -0.15) is 0 Å². The summed E-state index contributed by atoms with van der Waals surface area (Å²) in [6, 6.07) is 36.4. The van der Waals surface area contributed by atoms with Crippen LogP contribution in [0.1, 0.15) is 12.5 Å². The molecule has 0 radical (unpaired) electrons. The van der Waals surface area contributed by atoms with Crippen molar-refractivity contribution in [2.24, 2.45) is 0 Å². The molecular weight excluding hydrogens is 412 g/mol. The predicted molar refractivity (Wildman–Crippen MR) is 148 cm³/mol. The van der Waals surface area contributed by atoms with E-state index in [1.54, 1.807) is 6.08 Å². The summed E-state index contributed by atoms with van der Waals surface area (Å²) >= 11 is 0. The quantitative estimate of drug-likeness (QED) is 0.274. The van der Waals surface area contributed by atoms with Crippen molar-refractivity contribution in [3.05, 3.63) is 145 Å². The van der Waals surface area contributed by atoms with Gasteiger partial charge in [0.1, 0.15) is 0 Å². The van der Waals surface area contributed by atoms with Crippen LogP contribution >= 0.6 is 0 Å². The highest BCUT2D eigenvalue weighted by Gasteiger charge is 2.12. The molecule has 0 unspecified atom stereocenters. The van der Waals surface area contributed by atoms with Crippen LogP contribution in [-0.4, -0.2) is 0 Å². The highest BCUT2D eigenvalue weighted by atomic mass is 15.1. The smallest absolute Gasteiger partial charge is 0.0464 e. The minimum Gasteiger partial charge on any atom is -0.356 e. The zero-order chi connectivity index (χ0) is 23.8. The van der Waals surface area contributed by atoms with Crippen LogP contribution in [0, 0.1) is 6.92 Å². The highest BCUT2D eigenvalue weighted by molar-refractivity contribution is 5.78. The average molecular weight is 443 g/mol. The van der Waals surface area contributed by atoms with Crippen LogP contribution in [0.3, 0.4) is 0 Å². The highest BCUT2D eigenvalue weighted by Crippen LogP contribution is 2.35.